The lowest BCUT2D eigenvalue weighted by Crippen LogP contribution is -2.37. The Morgan fingerprint density at radius 1 is 1.19 bits per heavy atom. The van der Waals surface area contributed by atoms with Crippen LogP contribution in [0.3, 0.4) is 0 Å². The number of aromatic nitrogens is 1. The molecule has 0 unspecified atom stereocenters. The van der Waals surface area contributed by atoms with E-state index in [2.05, 4.69) is 22.4 Å². The van der Waals surface area contributed by atoms with Crippen LogP contribution in [0.1, 0.15) is 56.1 Å². The van der Waals surface area contributed by atoms with Crippen LogP contribution in [0.2, 0.25) is 0 Å². The molecule has 3 aliphatic rings. The summed E-state index contributed by atoms with van der Waals surface area (Å²) in [5.41, 5.74) is 3.13. The van der Waals surface area contributed by atoms with Crippen molar-refractivity contribution in [2.75, 3.05) is 23.4 Å². The molecular weight excluding hydrogens is 388 g/mol. The molecule has 0 atom stereocenters. The number of hydrogen-bond donors (Lipinski definition) is 1. The second kappa shape index (κ2) is 8.32. The van der Waals surface area contributed by atoms with Crippen LogP contribution in [-0.4, -0.2) is 24.1 Å². The van der Waals surface area contributed by atoms with E-state index in [0.717, 1.165) is 54.0 Å². The Kier molecular flexibility index (Phi) is 5.37. The molecule has 0 radical (unpaired) electrons. The van der Waals surface area contributed by atoms with E-state index in [1.54, 1.807) is 6.20 Å². The van der Waals surface area contributed by atoms with Gasteiger partial charge < -0.3 is 15.0 Å². The molecule has 1 aromatic carbocycles. The number of benzene rings is 1. The van der Waals surface area contributed by atoms with Crippen LogP contribution in [0.15, 0.2) is 36.5 Å². The van der Waals surface area contributed by atoms with Crippen LogP contribution in [-0.2, 0) is 21.5 Å². The summed E-state index contributed by atoms with van der Waals surface area (Å²) in [6.45, 7) is 1.66. The molecule has 1 saturated carbocycles. The first-order valence-corrected chi connectivity index (χ1v) is 11.4. The normalized spacial score (nSPS) is 20.5. The third-order valence-electron chi connectivity index (χ3n) is 7.09. The van der Waals surface area contributed by atoms with E-state index in [1.165, 1.54) is 6.42 Å². The van der Waals surface area contributed by atoms with Crippen molar-refractivity contribution < 1.29 is 9.53 Å². The molecule has 1 saturated heterocycles. The van der Waals surface area contributed by atoms with Crippen LogP contribution in [0.4, 0.5) is 17.2 Å². The number of nitrogens with one attached hydrogen (secondary N) is 1. The molecule has 2 aromatic rings. The predicted octanol–water partition coefficient (Wildman–Crippen LogP) is 4.82. The quantitative estimate of drug-likeness (QED) is 0.759. The molecule has 6 heteroatoms. The van der Waals surface area contributed by atoms with Crippen LogP contribution >= 0.6 is 0 Å². The van der Waals surface area contributed by atoms with Crippen LogP contribution in [0.25, 0.3) is 0 Å². The van der Waals surface area contributed by atoms with Gasteiger partial charge in [-0.15, -0.1) is 0 Å². The Morgan fingerprint density at radius 2 is 2.00 bits per heavy atom. The summed E-state index contributed by atoms with van der Waals surface area (Å²) < 4.78 is 5.53. The lowest BCUT2D eigenvalue weighted by molar-refractivity contribution is -0.123. The summed E-state index contributed by atoms with van der Waals surface area (Å²) >= 11 is 0. The van der Waals surface area contributed by atoms with Crippen molar-refractivity contribution in [2.45, 2.75) is 56.9 Å². The summed E-state index contributed by atoms with van der Waals surface area (Å²) in [7, 11) is 0. The van der Waals surface area contributed by atoms with E-state index in [9.17, 15) is 10.1 Å². The smallest absolute Gasteiger partial charge is 0.230 e. The Hall–Kier alpha value is -2.91. The third-order valence-corrected chi connectivity index (χ3v) is 7.09. The number of amides is 1. The summed E-state index contributed by atoms with van der Waals surface area (Å²) in [6, 6.07) is 12.6. The minimum atomic E-state index is -0.565. The van der Waals surface area contributed by atoms with Gasteiger partial charge in [-0.25, -0.2) is 4.98 Å². The summed E-state index contributed by atoms with van der Waals surface area (Å²) in [5, 5.41) is 13.5. The van der Waals surface area contributed by atoms with Crippen LogP contribution in [0, 0.1) is 17.2 Å². The zero-order chi connectivity index (χ0) is 21.3. The standard InChI is InChI=1S/C25H28N4O2/c26-17-25(10-13-31-14-11-25)20-8-9-21-22(15-20)29(24(30)18-5-2-1-3-6-18)16-19-7-4-12-27-23(19)28-21/h4,7-9,12,15,18H,1-3,5-6,10-11,13-14,16H2,(H,27,28). The number of carbonyl (C=O) groups is 1. The largest absolute Gasteiger partial charge is 0.381 e. The molecule has 6 nitrogen and oxygen atoms in total. The average Bonchev–Trinajstić information content (AvgIpc) is 3.01. The Bertz CT molecular complexity index is 1020. The molecule has 0 bridgehead atoms. The van der Waals surface area contributed by atoms with Gasteiger partial charge in [0.05, 0.1) is 29.4 Å². The van der Waals surface area contributed by atoms with E-state index in [0.29, 0.717) is 32.6 Å². The molecule has 3 heterocycles. The molecule has 1 N–H and O–H groups in total. The highest BCUT2D eigenvalue weighted by molar-refractivity contribution is 5.99. The number of rotatable bonds is 2. The zero-order valence-corrected chi connectivity index (χ0v) is 17.8. The molecule has 2 aliphatic heterocycles. The number of pyridine rings is 1. The van der Waals surface area contributed by atoms with Gasteiger partial charge in [-0.1, -0.05) is 31.4 Å². The molecule has 2 fully saturated rings. The van der Waals surface area contributed by atoms with E-state index in [-0.39, 0.29) is 11.8 Å². The Balaban J connectivity index is 1.59. The molecule has 31 heavy (non-hydrogen) atoms. The summed E-state index contributed by atoms with van der Waals surface area (Å²) in [6.07, 6.45) is 8.48. The lowest BCUT2D eigenvalue weighted by atomic mass is 9.75. The highest BCUT2D eigenvalue weighted by Crippen LogP contribution is 2.42. The van der Waals surface area contributed by atoms with Gasteiger partial charge >= 0.3 is 0 Å². The molecule has 5 rings (SSSR count). The second-order valence-corrected chi connectivity index (χ2v) is 8.93. The molecular formula is C25H28N4O2. The Morgan fingerprint density at radius 3 is 2.77 bits per heavy atom. The molecule has 1 amide bonds. The number of hydrogen-bond acceptors (Lipinski definition) is 5. The van der Waals surface area contributed by atoms with Gasteiger partial charge in [0, 0.05) is 30.9 Å². The van der Waals surface area contributed by atoms with Crippen molar-refractivity contribution in [3.8, 4) is 6.07 Å². The molecule has 1 aromatic heterocycles. The maximum absolute atomic E-state index is 13.7. The van der Waals surface area contributed by atoms with Gasteiger partial charge in [-0.05, 0) is 49.4 Å². The van der Waals surface area contributed by atoms with Gasteiger partial charge in [-0.2, -0.15) is 5.26 Å². The van der Waals surface area contributed by atoms with Gasteiger partial charge in [0.2, 0.25) is 5.91 Å². The lowest BCUT2D eigenvalue weighted by Gasteiger charge is -2.33. The first-order valence-electron chi connectivity index (χ1n) is 11.4. The third kappa shape index (κ3) is 3.68. The number of nitrogens with zero attached hydrogens (tertiary/aromatic N) is 3. The van der Waals surface area contributed by atoms with Crippen molar-refractivity contribution >= 4 is 23.1 Å². The van der Waals surface area contributed by atoms with Crippen molar-refractivity contribution in [3.63, 3.8) is 0 Å². The average molecular weight is 417 g/mol. The van der Waals surface area contributed by atoms with Crippen molar-refractivity contribution in [1.29, 1.82) is 5.26 Å². The molecule has 0 spiro atoms. The van der Waals surface area contributed by atoms with Gasteiger partial charge in [0.25, 0.3) is 0 Å². The number of anilines is 3. The Labute approximate surface area is 183 Å². The maximum atomic E-state index is 13.7. The summed E-state index contributed by atoms with van der Waals surface area (Å²) in [4.78, 5) is 20.1. The minimum absolute atomic E-state index is 0.0662. The fourth-order valence-electron chi connectivity index (χ4n) is 5.17. The minimum Gasteiger partial charge on any atom is -0.381 e. The van der Waals surface area contributed by atoms with Crippen molar-refractivity contribution in [1.82, 2.24) is 4.98 Å². The first-order chi connectivity index (χ1) is 15.2. The van der Waals surface area contributed by atoms with E-state index < -0.39 is 5.41 Å². The monoisotopic (exact) mass is 416 g/mol. The molecule has 1 aliphatic carbocycles. The SMILES string of the molecule is N#CC1(c2ccc3c(c2)N(C(=O)C2CCCCC2)Cc2cccnc2N3)CCOCC1. The number of fused-ring (bicyclic) bond motifs is 2. The fraction of sp³-hybridized carbons (Fsp3) is 0.480. The topological polar surface area (TPSA) is 78.2 Å². The summed E-state index contributed by atoms with van der Waals surface area (Å²) in [5.74, 6) is 1.04. The highest BCUT2D eigenvalue weighted by atomic mass is 16.5. The van der Waals surface area contributed by atoms with Gasteiger partial charge in [-0.3, -0.25) is 4.79 Å². The first kappa shape index (κ1) is 20.0. The van der Waals surface area contributed by atoms with E-state index >= 15 is 0 Å². The second-order valence-electron chi connectivity index (χ2n) is 8.93. The number of carbonyl (C=O) groups excluding carboxylic acids is 1. The zero-order valence-electron chi connectivity index (χ0n) is 17.8. The van der Waals surface area contributed by atoms with Crippen molar-refractivity contribution in [3.05, 3.63) is 47.7 Å². The number of nitriles is 1. The maximum Gasteiger partial charge on any atom is 0.230 e. The van der Waals surface area contributed by atoms with Gasteiger partial charge in [0.1, 0.15) is 5.82 Å². The van der Waals surface area contributed by atoms with Crippen LogP contribution in [0.5, 0.6) is 0 Å². The van der Waals surface area contributed by atoms with E-state index in [4.69, 9.17) is 4.74 Å². The fourth-order valence-corrected chi connectivity index (χ4v) is 5.17. The van der Waals surface area contributed by atoms with Gasteiger partial charge in [0.15, 0.2) is 0 Å². The van der Waals surface area contributed by atoms with Crippen molar-refractivity contribution in [2.24, 2.45) is 5.92 Å². The van der Waals surface area contributed by atoms with Crippen LogP contribution < -0.4 is 10.2 Å². The molecule has 160 valence electrons. The predicted molar refractivity (Wildman–Crippen MR) is 119 cm³/mol. The number of ether oxygens (including phenoxy) is 1. The highest BCUT2D eigenvalue weighted by Gasteiger charge is 2.37. The van der Waals surface area contributed by atoms with E-state index in [1.807, 2.05) is 29.2 Å².